The van der Waals surface area contributed by atoms with E-state index in [1.165, 1.54) is 10.4 Å². The first-order chi connectivity index (χ1) is 11.0. The summed E-state index contributed by atoms with van der Waals surface area (Å²) >= 11 is 8.43. The fraction of sp³-hybridized carbons (Fsp3) is 0.231. The van der Waals surface area contributed by atoms with E-state index in [9.17, 15) is 8.42 Å². The SMILES string of the molecule is O=S(=O)(c1ccc(Cl)s1)N1CC(c2nc(-c3ccsc3)no2)C1. The summed E-state index contributed by atoms with van der Waals surface area (Å²) < 4.78 is 32.2. The number of nitrogens with zero attached hydrogens (tertiary/aromatic N) is 3. The molecule has 1 saturated heterocycles. The van der Waals surface area contributed by atoms with Crippen LogP contribution in [0.4, 0.5) is 0 Å². The van der Waals surface area contributed by atoms with Gasteiger partial charge in [0.25, 0.3) is 10.0 Å². The number of hydrogen-bond donors (Lipinski definition) is 0. The molecule has 3 aromatic heterocycles. The molecule has 1 aliphatic heterocycles. The lowest BCUT2D eigenvalue weighted by Crippen LogP contribution is -2.48. The lowest BCUT2D eigenvalue weighted by molar-refractivity contribution is 0.217. The maximum Gasteiger partial charge on any atom is 0.252 e. The van der Waals surface area contributed by atoms with Crippen LogP contribution >= 0.6 is 34.3 Å². The molecular weight excluding hydrogens is 378 g/mol. The van der Waals surface area contributed by atoms with E-state index in [0.717, 1.165) is 16.9 Å². The van der Waals surface area contributed by atoms with Crippen molar-refractivity contribution < 1.29 is 12.9 Å². The predicted molar refractivity (Wildman–Crippen MR) is 88.4 cm³/mol. The Morgan fingerprint density at radius 3 is 2.78 bits per heavy atom. The van der Waals surface area contributed by atoms with Crippen molar-refractivity contribution in [1.29, 1.82) is 0 Å². The molecule has 0 aromatic carbocycles. The highest BCUT2D eigenvalue weighted by molar-refractivity contribution is 7.91. The zero-order valence-corrected chi connectivity index (χ0v) is 14.8. The molecular formula is C13H10ClN3O3S3. The van der Waals surface area contributed by atoms with Crippen LogP contribution in [0.15, 0.2) is 37.7 Å². The van der Waals surface area contributed by atoms with Crippen LogP contribution in [0.1, 0.15) is 11.8 Å². The summed E-state index contributed by atoms with van der Waals surface area (Å²) in [6.45, 7) is 0.673. The maximum atomic E-state index is 12.4. The van der Waals surface area contributed by atoms with Crippen molar-refractivity contribution in [2.75, 3.05) is 13.1 Å². The monoisotopic (exact) mass is 387 g/mol. The third kappa shape index (κ3) is 2.72. The third-order valence-electron chi connectivity index (χ3n) is 3.56. The van der Waals surface area contributed by atoms with Crippen molar-refractivity contribution in [3.63, 3.8) is 0 Å². The molecule has 0 spiro atoms. The molecule has 0 saturated carbocycles. The molecule has 0 unspecified atom stereocenters. The summed E-state index contributed by atoms with van der Waals surface area (Å²) in [5, 5.41) is 7.82. The van der Waals surface area contributed by atoms with Gasteiger partial charge >= 0.3 is 0 Å². The Morgan fingerprint density at radius 1 is 1.30 bits per heavy atom. The van der Waals surface area contributed by atoms with E-state index in [4.69, 9.17) is 16.1 Å². The van der Waals surface area contributed by atoms with Crippen LogP contribution in [-0.2, 0) is 10.0 Å². The summed E-state index contributed by atoms with van der Waals surface area (Å²) in [4.78, 5) is 4.36. The summed E-state index contributed by atoms with van der Waals surface area (Å²) in [7, 11) is -3.48. The number of aromatic nitrogens is 2. The van der Waals surface area contributed by atoms with Crippen LogP contribution < -0.4 is 0 Å². The molecule has 0 amide bonds. The number of thiophene rings is 2. The standard InChI is InChI=1S/C13H10ClN3O3S3/c14-10-1-2-11(22-10)23(18,19)17-5-9(6-17)13-15-12(16-20-13)8-3-4-21-7-8/h1-4,7,9H,5-6H2. The van der Waals surface area contributed by atoms with Crippen molar-refractivity contribution in [1.82, 2.24) is 14.4 Å². The molecule has 0 N–H and O–H groups in total. The molecule has 3 aromatic rings. The highest BCUT2D eigenvalue weighted by atomic mass is 35.5. The Hall–Kier alpha value is -1.26. The van der Waals surface area contributed by atoms with Crippen LogP contribution in [0.3, 0.4) is 0 Å². The number of rotatable bonds is 4. The maximum absolute atomic E-state index is 12.4. The van der Waals surface area contributed by atoms with Gasteiger partial charge in [-0.25, -0.2) is 8.42 Å². The van der Waals surface area contributed by atoms with Crippen molar-refractivity contribution in [2.24, 2.45) is 0 Å². The fourth-order valence-electron chi connectivity index (χ4n) is 2.26. The predicted octanol–water partition coefficient (Wildman–Crippen LogP) is 3.30. The molecule has 0 atom stereocenters. The zero-order valence-electron chi connectivity index (χ0n) is 11.5. The summed E-state index contributed by atoms with van der Waals surface area (Å²) in [6.07, 6.45) is 0. The van der Waals surface area contributed by atoms with E-state index in [1.54, 1.807) is 17.4 Å². The van der Waals surface area contributed by atoms with Crippen LogP contribution in [-0.4, -0.2) is 36.0 Å². The van der Waals surface area contributed by atoms with Crippen molar-refractivity contribution in [3.8, 4) is 11.4 Å². The normalized spacial score (nSPS) is 16.6. The van der Waals surface area contributed by atoms with E-state index < -0.39 is 10.0 Å². The van der Waals surface area contributed by atoms with Gasteiger partial charge in [0.2, 0.25) is 11.7 Å². The third-order valence-corrected chi connectivity index (χ3v) is 7.77. The van der Waals surface area contributed by atoms with Gasteiger partial charge in [-0.1, -0.05) is 16.8 Å². The van der Waals surface area contributed by atoms with E-state index in [2.05, 4.69) is 10.1 Å². The molecule has 10 heteroatoms. The average Bonchev–Trinajstić information content (AvgIpc) is 3.16. The van der Waals surface area contributed by atoms with Crippen LogP contribution in [0.2, 0.25) is 4.34 Å². The minimum atomic E-state index is -3.48. The van der Waals surface area contributed by atoms with Crippen LogP contribution in [0.5, 0.6) is 0 Å². The smallest absolute Gasteiger partial charge is 0.252 e. The van der Waals surface area contributed by atoms with Crippen molar-refractivity contribution >= 4 is 44.3 Å². The van der Waals surface area contributed by atoms with E-state index in [1.807, 2.05) is 16.8 Å². The van der Waals surface area contributed by atoms with Crippen molar-refractivity contribution in [3.05, 3.63) is 39.2 Å². The Labute approximate surface area is 145 Å². The minimum Gasteiger partial charge on any atom is -0.339 e. The van der Waals surface area contributed by atoms with Gasteiger partial charge in [-0.05, 0) is 23.6 Å². The van der Waals surface area contributed by atoms with E-state index in [0.29, 0.717) is 29.1 Å². The first-order valence-corrected chi connectivity index (χ1v) is 10.2. The van der Waals surface area contributed by atoms with Gasteiger partial charge in [0, 0.05) is 24.0 Å². The van der Waals surface area contributed by atoms with Gasteiger partial charge in [0.1, 0.15) is 4.21 Å². The lowest BCUT2D eigenvalue weighted by atomic mass is 10.0. The Bertz CT molecular complexity index is 927. The van der Waals surface area contributed by atoms with Crippen LogP contribution in [0, 0.1) is 0 Å². The summed E-state index contributed by atoms with van der Waals surface area (Å²) in [5.41, 5.74) is 0.905. The van der Waals surface area contributed by atoms with Gasteiger partial charge in [-0.3, -0.25) is 0 Å². The number of halogens is 1. The second-order valence-electron chi connectivity index (χ2n) is 5.05. The van der Waals surface area contributed by atoms with Gasteiger partial charge in [-0.15, -0.1) is 11.3 Å². The highest BCUT2D eigenvalue weighted by Gasteiger charge is 2.41. The molecule has 120 valence electrons. The largest absolute Gasteiger partial charge is 0.339 e. The summed E-state index contributed by atoms with van der Waals surface area (Å²) in [5.74, 6) is 0.939. The van der Waals surface area contributed by atoms with Gasteiger partial charge in [0.05, 0.1) is 10.3 Å². The van der Waals surface area contributed by atoms with E-state index >= 15 is 0 Å². The number of sulfonamides is 1. The number of hydrogen-bond acceptors (Lipinski definition) is 7. The molecule has 6 nitrogen and oxygen atoms in total. The molecule has 1 aliphatic rings. The minimum absolute atomic E-state index is 0.0694. The topological polar surface area (TPSA) is 76.3 Å². The molecule has 23 heavy (non-hydrogen) atoms. The molecule has 4 heterocycles. The average molecular weight is 388 g/mol. The molecule has 0 radical (unpaired) electrons. The quantitative estimate of drug-likeness (QED) is 0.686. The molecule has 0 bridgehead atoms. The fourth-order valence-corrected chi connectivity index (χ4v) is 6.07. The van der Waals surface area contributed by atoms with Gasteiger partial charge in [0.15, 0.2) is 0 Å². The van der Waals surface area contributed by atoms with E-state index in [-0.39, 0.29) is 10.1 Å². The second-order valence-corrected chi connectivity index (χ2v) is 9.71. The Balaban J connectivity index is 1.47. The first kappa shape index (κ1) is 15.3. The Kier molecular flexibility index (Phi) is 3.77. The zero-order chi connectivity index (χ0) is 16.0. The lowest BCUT2D eigenvalue weighted by Gasteiger charge is -2.35. The van der Waals surface area contributed by atoms with Crippen LogP contribution in [0.25, 0.3) is 11.4 Å². The Morgan fingerprint density at radius 2 is 2.13 bits per heavy atom. The first-order valence-electron chi connectivity index (χ1n) is 6.66. The van der Waals surface area contributed by atoms with Crippen molar-refractivity contribution in [2.45, 2.75) is 10.1 Å². The summed E-state index contributed by atoms with van der Waals surface area (Å²) in [6, 6.07) is 5.02. The van der Waals surface area contributed by atoms with Gasteiger partial charge < -0.3 is 4.52 Å². The molecule has 0 aliphatic carbocycles. The van der Waals surface area contributed by atoms with Gasteiger partial charge in [-0.2, -0.15) is 20.6 Å². The second kappa shape index (κ2) is 5.67. The highest BCUT2D eigenvalue weighted by Crippen LogP contribution is 2.35. The molecule has 1 fully saturated rings. The molecule has 4 rings (SSSR count).